The molecule has 0 amide bonds. The summed E-state index contributed by atoms with van der Waals surface area (Å²) in [7, 11) is 2.83. The molecule has 6 nitrogen and oxygen atoms in total. The van der Waals surface area contributed by atoms with Gasteiger partial charge in [0.1, 0.15) is 12.4 Å². The summed E-state index contributed by atoms with van der Waals surface area (Å²) in [4.78, 5) is 24.1. The standard InChI is InChI=1S/C19H16O6/c1-22-16-8-7-15(13-5-3-4-6-14(13)16)18(20)25-11-12-9-10-24-17(12)19(21)23-2/h3-10H,11H2,1-2H3. The molecule has 3 rings (SSSR count). The summed E-state index contributed by atoms with van der Waals surface area (Å²) in [5.74, 6) is -0.424. The van der Waals surface area contributed by atoms with Gasteiger partial charge in [0.2, 0.25) is 5.76 Å². The van der Waals surface area contributed by atoms with E-state index in [0.29, 0.717) is 16.9 Å². The number of benzene rings is 2. The summed E-state index contributed by atoms with van der Waals surface area (Å²) < 4.78 is 20.4. The molecule has 0 fully saturated rings. The van der Waals surface area contributed by atoms with Crippen LogP contribution in [-0.4, -0.2) is 26.2 Å². The lowest BCUT2D eigenvalue weighted by molar-refractivity contribution is 0.0455. The smallest absolute Gasteiger partial charge is 0.374 e. The van der Waals surface area contributed by atoms with Crippen LogP contribution >= 0.6 is 0 Å². The van der Waals surface area contributed by atoms with Crippen molar-refractivity contribution < 1.29 is 28.2 Å². The second-order valence-electron chi connectivity index (χ2n) is 5.20. The lowest BCUT2D eigenvalue weighted by Gasteiger charge is -2.10. The Morgan fingerprint density at radius 3 is 2.44 bits per heavy atom. The molecule has 0 N–H and O–H groups in total. The van der Waals surface area contributed by atoms with Crippen LogP contribution in [-0.2, 0) is 16.1 Å². The van der Waals surface area contributed by atoms with Gasteiger partial charge in [-0.05, 0) is 23.6 Å². The lowest BCUT2D eigenvalue weighted by atomic mass is 10.0. The molecule has 25 heavy (non-hydrogen) atoms. The van der Waals surface area contributed by atoms with Crippen molar-refractivity contribution in [1.82, 2.24) is 0 Å². The molecule has 0 atom stereocenters. The minimum absolute atomic E-state index is 0.0230. The highest BCUT2D eigenvalue weighted by Crippen LogP contribution is 2.29. The zero-order chi connectivity index (χ0) is 17.8. The van der Waals surface area contributed by atoms with Crippen molar-refractivity contribution in [2.24, 2.45) is 0 Å². The Labute approximate surface area is 143 Å². The number of rotatable bonds is 5. The van der Waals surface area contributed by atoms with Crippen LogP contribution in [0.15, 0.2) is 53.1 Å². The Morgan fingerprint density at radius 1 is 0.960 bits per heavy atom. The molecule has 0 aliphatic carbocycles. The molecule has 0 aliphatic rings. The fourth-order valence-corrected chi connectivity index (χ4v) is 2.57. The topological polar surface area (TPSA) is 75.0 Å². The van der Waals surface area contributed by atoms with Gasteiger partial charge in [-0.25, -0.2) is 9.59 Å². The second kappa shape index (κ2) is 7.09. The normalized spacial score (nSPS) is 10.5. The fraction of sp³-hybridized carbons (Fsp3) is 0.158. The van der Waals surface area contributed by atoms with Gasteiger partial charge in [0, 0.05) is 10.9 Å². The van der Waals surface area contributed by atoms with Gasteiger partial charge >= 0.3 is 11.9 Å². The third-order valence-corrected chi connectivity index (χ3v) is 3.80. The fourth-order valence-electron chi connectivity index (χ4n) is 2.57. The monoisotopic (exact) mass is 340 g/mol. The molecule has 0 aliphatic heterocycles. The Balaban J connectivity index is 1.84. The summed E-state index contributed by atoms with van der Waals surface area (Å²) in [5.41, 5.74) is 0.859. The summed E-state index contributed by atoms with van der Waals surface area (Å²) >= 11 is 0. The van der Waals surface area contributed by atoms with Gasteiger partial charge in [-0.15, -0.1) is 0 Å². The van der Waals surface area contributed by atoms with Crippen molar-refractivity contribution in [3.63, 3.8) is 0 Å². The molecular weight excluding hydrogens is 324 g/mol. The van der Waals surface area contributed by atoms with E-state index in [9.17, 15) is 9.59 Å². The minimum Gasteiger partial charge on any atom is -0.496 e. The quantitative estimate of drug-likeness (QED) is 0.661. The van der Waals surface area contributed by atoms with Gasteiger partial charge in [0.15, 0.2) is 0 Å². The maximum absolute atomic E-state index is 12.5. The van der Waals surface area contributed by atoms with E-state index in [1.807, 2.05) is 24.3 Å². The van der Waals surface area contributed by atoms with E-state index < -0.39 is 11.9 Å². The third kappa shape index (κ3) is 3.19. The van der Waals surface area contributed by atoms with E-state index in [2.05, 4.69) is 4.74 Å². The van der Waals surface area contributed by atoms with E-state index >= 15 is 0 Å². The number of ether oxygens (including phenoxy) is 3. The Hall–Kier alpha value is -3.28. The van der Waals surface area contributed by atoms with Crippen LogP contribution in [0.2, 0.25) is 0 Å². The molecule has 0 saturated heterocycles. The SMILES string of the molecule is COC(=O)c1occc1COC(=O)c1ccc(OC)c2ccccc12. The molecule has 0 radical (unpaired) electrons. The largest absolute Gasteiger partial charge is 0.496 e. The van der Waals surface area contributed by atoms with E-state index in [1.165, 1.54) is 13.4 Å². The first kappa shape index (κ1) is 16.6. The van der Waals surface area contributed by atoms with Crippen LogP contribution in [0.4, 0.5) is 0 Å². The van der Waals surface area contributed by atoms with Crippen LogP contribution in [0.1, 0.15) is 26.5 Å². The Bertz CT molecular complexity index is 925. The van der Waals surface area contributed by atoms with Crippen molar-refractivity contribution in [2.75, 3.05) is 14.2 Å². The van der Waals surface area contributed by atoms with Gasteiger partial charge in [0.05, 0.1) is 26.0 Å². The number of methoxy groups -OCH3 is 2. The first-order chi connectivity index (χ1) is 12.2. The summed E-state index contributed by atoms with van der Waals surface area (Å²) in [6.07, 6.45) is 1.35. The average Bonchev–Trinajstić information content (AvgIpc) is 3.13. The number of carbonyl (C=O) groups is 2. The zero-order valence-corrected chi connectivity index (χ0v) is 13.8. The minimum atomic E-state index is -0.619. The van der Waals surface area contributed by atoms with Gasteiger partial charge in [-0.2, -0.15) is 0 Å². The van der Waals surface area contributed by atoms with Gasteiger partial charge in [-0.1, -0.05) is 24.3 Å². The van der Waals surface area contributed by atoms with E-state index in [-0.39, 0.29) is 12.4 Å². The van der Waals surface area contributed by atoms with Crippen LogP contribution in [0.5, 0.6) is 5.75 Å². The molecule has 0 spiro atoms. The van der Waals surface area contributed by atoms with Gasteiger partial charge in [0.25, 0.3) is 0 Å². The summed E-state index contributed by atoms with van der Waals surface area (Å²) in [6, 6.07) is 12.3. The van der Waals surface area contributed by atoms with Crippen LogP contribution in [0.25, 0.3) is 10.8 Å². The lowest BCUT2D eigenvalue weighted by Crippen LogP contribution is -2.09. The number of esters is 2. The molecule has 1 heterocycles. The van der Waals surface area contributed by atoms with Crippen LogP contribution in [0.3, 0.4) is 0 Å². The van der Waals surface area contributed by atoms with Crippen molar-refractivity contribution >= 4 is 22.7 Å². The maximum atomic E-state index is 12.5. The molecule has 0 unspecified atom stereocenters. The van der Waals surface area contributed by atoms with E-state index in [1.54, 1.807) is 25.3 Å². The number of furan rings is 1. The highest BCUT2D eigenvalue weighted by atomic mass is 16.5. The Kier molecular flexibility index (Phi) is 4.70. The third-order valence-electron chi connectivity index (χ3n) is 3.80. The molecule has 6 heteroatoms. The maximum Gasteiger partial charge on any atom is 0.374 e. The van der Waals surface area contributed by atoms with Crippen molar-refractivity contribution in [2.45, 2.75) is 6.61 Å². The number of hydrogen-bond donors (Lipinski definition) is 0. The number of fused-ring (bicyclic) bond motifs is 1. The van der Waals surface area contributed by atoms with E-state index in [0.717, 1.165) is 10.8 Å². The van der Waals surface area contributed by atoms with Crippen molar-refractivity contribution in [1.29, 1.82) is 0 Å². The van der Waals surface area contributed by atoms with Crippen LogP contribution < -0.4 is 4.74 Å². The summed E-state index contributed by atoms with van der Waals surface area (Å²) in [5, 5.41) is 1.55. The Morgan fingerprint density at radius 2 is 1.72 bits per heavy atom. The van der Waals surface area contributed by atoms with Crippen LogP contribution in [0, 0.1) is 0 Å². The van der Waals surface area contributed by atoms with E-state index in [4.69, 9.17) is 13.9 Å². The predicted octanol–water partition coefficient (Wildman–Crippen LogP) is 3.59. The molecular formula is C19H16O6. The highest BCUT2D eigenvalue weighted by molar-refractivity contribution is 6.06. The molecule has 3 aromatic rings. The highest BCUT2D eigenvalue weighted by Gasteiger charge is 2.19. The molecule has 0 saturated carbocycles. The molecule has 2 aromatic carbocycles. The average molecular weight is 340 g/mol. The summed E-state index contributed by atoms with van der Waals surface area (Å²) in [6.45, 7) is -0.0971. The van der Waals surface area contributed by atoms with Gasteiger partial charge < -0.3 is 18.6 Å². The molecule has 0 bridgehead atoms. The van der Waals surface area contributed by atoms with Gasteiger partial charge in [-0.3, -0.25) is 0 Å². The number of hydrogen-bond acceptors (Lipinski definition) is 6. The zero-order valence-electron chi connectivity index (χ0n) is 13.8. The number of carbonyl (C=O) groups excluding carboxylic acids is 2. The second-order valence-corrected chi connectivity index (χ2v) is 5.20. The molecule has 128 valence electrons. The predicted molar refractivity (Wildman–Crippen MR) is 89.7 cm³/mol. The molecule has 1 aromatic heterocycles. The van der Waals surface area contributed by atoms with Crippen molar-refractivity contribution in [3.05, 3.63) is 65.6 Å². The first-order valence-electron chi connectivity index (χ1n) is 7.53. The first-order valence-corrected chi connectivity index (χ1v) is 7.53. The van der Waals surface area contributed by atoms with Crippen molar-refractivity contribution in [3.8, 4) is 5.75 Å².